The van der Waals surface area contributed by atoms with Crippen LogP contribution in [0.3, 0.4) is 0 Å². The van der Waals surface area contributed by atoms with Crippen LogP contribution in [0.25, 0.3) is 0 Å². The summed E-state index contributed by atoms with van der Waals surface area (Å²) in [4.78, 5) is 0. The molecule has 84 valence electrons. The molecule has 0 radical (unpaired) electrons. The maximum Gasteiger partial charge on any atom is 0.126 e. The largest absolute Gasteiger partial charge is 0.396 e. The van der Waals surface area contributed by atoms with E-state index in [-0.39, 0.29) is 22.6 Å². The zero-order chi connectivity index (χ0) is 11.4. The molecule has 1 aromatic rings. The Kier molecular flexibility index (Phi) is 4.64. The van der Waals surface area contributed by atoms with Crippen molar-refractivity contribution in [1.82, 2.24) is 0 Å². The van der Waals surface area contributed by atoms with Gasteiger partial charge in [-0.2, -0.15) is 0 Å². The Labute approximate surface area is 98.0 Å². The molecular formula is C10H12Cl2FNO. The van der Waals surface area contributed by atoms with E-state index in [1.165, 1.54) is 12.1 Å². The van der Waals surface area contributed by atoms with Gasteiger partial charge in [0.1, 0.15) is 5.82 Å². The lowest BCUT2D eigenvalue weighted by Crippen LogP contribution is -2.14. The van der Waals surface area contributed by atoms with Crippen LogP contribution in [-0.2, 0) is 0 Å². The van der Waals surface area contributed by atoms with Gasteiger partial charge >= 0.3 is 0 Å². The van der Waals surface area contributed by atoms with E-state index in [9.17, 15) is 4.39 Å². The van der Waals surface area contributed by atoms with Gasteiger partial charge < -0.3 is 10.4 Å². The van der Waals surface area contributed by atoms with Gasteiger partial charge in [-0.15, -0.1) is 0 Å². The Morgan fingerprint density at radius 2 is 1.93 bits per heavy atom. The highest BCUT2D eigenvalue weighted by Crippen LogP contribution is 2.31. The molecule has 1 rings (SSSR count). The van der Waals surface area contributed by atoms with E-state index in [0.717, 1.165) is 0 Å². The van der Waals surface area contributed by atoms with Crippen LogP contribution in [0, 0.1) is 11.7 Å². The maximum atomic E-state index is 12.8. The average Bonchev–Trinajstić information content (AvgIpc) is 2.15. The van der Waals surface area contributed by atoms with Crippen molar-refractivity contribution < 1.29 is 9.50 Å². The van der Waals surface area contributed by atoms with Crippen molar-refractivity contribution in [2.24, 2.45) is 5.92 Å². The minimum Gasteiger partial charge on any atom is -0.396 e. The second kappa shape index (κ2) is 5.54. The van der Waals surface area contributed by atoms with Crippen molar-refractivity contribution in [3.63, 3.8) is 0 Å². The fourth-order valence-corrected chi connectivity index (χ4v) is 1.65. The van der Waals surface area contributed by atoms with E-state index in [4.69, 9.17) is 28.3 Å². The van der Waals surface area contributed by atoms with Gasteiger partial charge in [-0.1, -0.05) is 30.1 Å². The lowest BCUT2D eigenvalue weighted by Gasteiger charge is -2.13. The number of hydrogen-bond acceptors (Lipinski definition) is 2. The second-order valence-electron chi connectivity index (χ2n) is 3.41. The highest BCUT2D eigenvalue weighted by Gasteiger charge is 2.09. The molecule has 1 unspecified atom stereocenters. The molecule has 0 fully saturated rings. The first-order valence-electron chi connectivity index (χ1n) is 4.54. The summed E-state index contributed by atoms with van der Waals surface area (Å²) in [5.41, 5.74) is 0.500. The molecule has 0 amide bonds. The number of halogens is 3. The van der Waals surface area contributed by atoms with Crippen molar-refractivity contribution in [3.8, 4) is 0 Å². The molecule has 0 bridgehead atoms. The van der Waals surface area contributed by atoms with Gasteiger partial charge in [-0.05, 0) is 18.1 Å². The molecule has 0 saturated carbocycles. The first-order chi connectivity index (χ1) is 7.04. The van der Waals surface area contributed by atoms with Gasteiger partial charge in [0.15, 0.2) is 0 Å². The molecule has 2 N–H and O–H groups in total. The van der Waals surface area contributed by atoms with Crippen LogP contribution < -0.4 is 5.32 Å². The minimum absolute atomic E-state index is 0.0728. The fraction of sp³-hybridized carbons (Fsp3) is 0.400. The Balaban J connectivity index is 2.77. The molecule has 1 atom stereocenters. The predicted octanol–water partition coefficient (Wildman–Crippen LogP) is 3.17. The van der Waals surface area contributed by atoms with Crippen LogP contribution in [0.4, 0.5) is 10.1 Å². The van der Waals surface area contributed by atoms with Crippen LogP contribution in [-0.4, -0.2) is 18.3 Å². The third-order valence-electron chi connectivity index (χ3n) is 1.95. The van der Waals surface area contributed by atoms with Gasteiger partial charge in [0, 0.05) is 13.2 Å². The molecule has 0 aromatic heterocycles. The lowest BCUT2D eigenvalue weighted by molar-refractivity contribution is 0.244. The first kappa shape index (κ1) is 12.6. The molecule has 5 heteroatoms. The molecule has 1 aromatic carbocycles. The molecule has 0 saturated heterocycles. The standard InChI is InChI=1S/C10H12Cl2FNO/c1-6(5-15)4-14-10-8(11)2-7(13)3-9(10)12/h2-3,6,14-15H,4-5H2,1H3. The Morgan fingerprint density at radius 3 is 2.40 bits per heavy atom. The quantitative estimate of drug-likeness (QED) is 0.862. The Bertz CT molecular complexity index is 323. The van der Waals surface area contributed by atoms with Gasteiger partial charge in [0.05, 0.1) is 15.7 Å². The molecule has 15 heavy (non-hydrogen) atoms. The predicted molar refractivity (Wildman–Crippen MR) is 61.2 cm³/mol. The molecular weight excluding hydrogens is 240 g/mol. The summed E-state index contributed by atoms with van der Waals surface area (Å²) in [5, 5.41) is 12.3. The van der Waals surface area contributed by atoms with Crippen molar-refractivity contribution >= 4 is 28.9 Å². The van der Waals surface area contributed by atoms with E-state index < -0.39 is 5.82 Å². The SMILES string of the molecule is CC(CO)CNc1c(Cl)cc(F)cc1Cl. The molecule has 0 heterocycles. The second-order valence-corrected chi connectivity index (χ2v) is 4.23. The Hall–Kier alpha value is -0.510. The fourth-order valence-electron chi connectivity index (χ4n) is 1.05. The zero-order valence-corrected chi connectivity index (χ0v) is 9.74. The summed E-state index contributed by atoms with van der Waals surface area (Å²) in [6.45, 7) is 2.48. The van der Waals surface area contributed by atoms with Crippen molar-refractivity contribution in [2.75, 3.05) is 18.5 Å². The van der Waals surface area contributed by atoms with Crippen LogP contribution in [0.1, 0.15) is 6.92 Å². The number of benzene rings is 1. The molecule has 0 aliphatic heterocycles. The smallest absolute Gasteiger partial charge is 0.126 e. The van der Waals surface area contributed by atoms with Crippen molar-refractivity contribution in [2.45, 2.75) is 6.92 Å². The number of anilines is 1. The van der Waals surface area contributed by atoms with E-state index in [2.05, 4.69) is 5.32 Å². The third kappa shape index (κ3) is 3.52. The van der Waals surface area contributed by atoms with Crippen LogP contribution in [0.5, 0.6) is 0 Å². The number of hydrogen-bond donors (Lipinski definition) is 2. The average molecular weight is 252 g/mol. The van der Waals surface area contributed by atoms with Crippen LogP contribution >= 0.6 is 23.2 Å². The molecule has 0 aliphatic rings. The summed E-state index contributed by atoms with van der Waals surface area (Å²) in [5.74, 6) is -0.382. The lowest BCUT2D eigenvalue weighted by atomic mass is 10.2. The number of nitrogens with one attached hydrogen (secondary N) is 1. The van der Waals surface area contributed by atoms with Gasteiger partial charge in [-0.3, -0.25) is 0 Å². The monoisotopic (exact) mass is 251 g/mol. The number of aliphatic hydroxyl groups is 1. The maximum absolute atomic E-state index is 12.8. The zero-order valence-electron chi connectivity index (χ0n) is 8.23. The normalized spacial score (nSPS) is 12.6. The summed E-state index contributed by atoms with van der Waals surface area (Å²) < 4.78 is 12.8. The van der Waals surface area contributed by atoms with E-state index in [0.29, 0.717) is 12.2 Å². The Morgan fingerprint density at radius 1 is 1.40 bits per heavy atom. The van der Waals surface area contributed by atoms with E-state index in [1.807, 2.05) is 6.92 Å². The topological polar surface area (TPSA) is 32.3 Å². The van der Waals surface area contributed by atoms with Crippen molar-refractivity contribution in [3.05, 3.63) is 28.0 Å². The summed E-state index contributed by atoms with van der Waals surface area (Å²) >= 11 is 11.6. The van der Waals surface area contributed by atoms with Gasteiger partial charge in [-0.25, -0.2) is 4.39 Å². The van der Waals surface area contributed by atoms with E-state index in [1.54, 1.807) is 0 Å². The molecule has 0 aliphatic carbocycles. The first-order valence-corrected chi connectivity index (χ1v) is 5.29. The molecule has 0 spiro atoms. The summed E-state index contributed by atoms with van der Waals surface area (Å²) in [7, 11) is 0. The highest BCUT2D eigenvalue weighted by molar-refractivity contribution is 6.39. The number of aliphatic hydroxyl groups excluding tert-OH is 1. The highest BCUT2D eigenvalue weighted by atomic mass is 35.5. The third-order valence-corrected chi connectivity index (χ3v) is 2.54. The summed E-state index contributed by atoms with van der Waals surface area (Å²) in [6, 6.07) is 2.39. The van der Waals surface area contributed by atoms with Gasteiger partial charge in [0.2, 0.25) is 0 Å². The van der Waals surface area contributed by atoms with Crippen LogP contribution in [0.2, 0.25) is 10.0 Å². The van der Waals surface area contributed by atoms with Gasteiger partial charge in [0.25, 0.3) is 0 Å². The van der Waals surface area contributed by atoms with Crippen LogP contribution in [0.15, 0.2) is 12.1 Å². The van der Waals surface area contributed by atoms with E-state index >= 15 is 0 Å². The molecule has 2 nitrogen and oxygen atoms in total. The summed E-state index contributed by atoms with van der Waals surface area (Å²) in [6.07, 6.45) is 0. The van der Waals surface area contributed by atoms with Crippen molar-refractivity contribution in [1.29, 1.82) is 0 Å². The minimum atomic E-state index is -0.467. The number of rotatable bonds is 4.